The molecule has 0 spiro atoms. The highest BCUT2D eigenvalue weighted by Crippen LogP contribution is 2.38. The highest BCUT2D eigenvalue weighted by molar-refractivity contribution is 6.01. The van der Waals surface area contributed by atoms with Gasteiger partial charge in [0.2, 0.25) is 0 Å². The number of hydrogen-bond donors (Lipinski definition) is 2. The van der Waals surface area contributed by atoms with E-state index in [9.17, 15) is 22.8 Å². The summed E-state index contributed by atoms with van der Waals surface area (Å²) in [7, 11) is 1.14. The van der Waals surface area contributed by atoms with Crippen LogP contribution in [0, 0.1) is 0 Å². The summed E-state index contributed by atoms with van der Waals surface area (Å²) in [5.74, 6) is -1.33. The van der Waals surface area contributed by atoms with Crippen LogP contribution in [-0.2, 0) is 17.5 Å². The predicted octanol–water partition coefficient (Wildman–Crippen LogP) is 2.76. The van der Waals surface area contributed by atoms with Crippen molar-refractivity contribution in [1.82, 2.24) is 5.48 Å². The van der Waals surface area contributed by atoms with Gasteiger partial charge >= 0.3 is 6.18 Å². The first-order valence-corrected chi connectivity index (χ1v) is 8.00. The van der Waals surface area contributed by atoms with E-state index in [0.717, 1.165) is 13.2 Å². The van der Waals surface area contributed by atoms with Gasteiger partial charge in [-0.25, -0.2) is 5.48 Å². The summed E-state index contributed by atoms with van der Waals surface area (Å²) < 4.78 is 49.8. The van der Waals surface area contributed by atoms with Crippen LogP contribution < -0.4 is 19.9 Å². The molecule has 3 rings (SSSR count). The summed E-state index contributed by atoms with van der Waals surface area (Å²) in [6.07, 6.45) is -4.62. The SMILES string of the molecule is COc1ccc(CN2C(=O)COc3ccc(C(=O)NO)cc32)cc1C(F)(F)F. The van der Waals surface area contributed by atoms with Crippen molar-refractivity contribution < 1.29 is 37.4 Å². The minimum atomic E-state index is -4.62. The summed E-state index contributed by atoms with van der Waals surface area (Å²) in [5.41, 5.74) is 0.997. The van der Waals surface area contributed by atoms with E-state index in [2.05, 4.69) is 0 Å². The second-order valence-corrected chi connectivity index (χ2v) is 5.92. The maximum Gasteiger partial charge on any atom is 0.419 e. The predicted molar refractivity (Wildman–Crippen MR) is 90.4 cm³/mol. The molecular formula is C18H15F3N2O5. The van der Waals surface area contributed by atoms with Gasteiger partial charge in [0.15, 0.2) is 6.61 Å². The van der Waals surface area contributed by atoms with E-state index in [1.165, 1.54) is 40.7 Å². The van der Waals surface area contributed by atoms with Crippen molar-refractivity contribution in [3.05, 3.63) is 53.1 Å². The number of hydroxylamine groups is 1. The van der Waals surface area contributed by atoms with Crippen LogP contribution in [0.25, 0.3) is 0 Å². The highest BCUT2D eigenvalue weighted by Gasteiger charge is 2.35. The van der Waals surface area contributed by atoms with Crippen LogP contribution in [0.3, 0.4) is 0 Å². The molecule has 10 heteroatoms. The van der Waals surface area contributed by atoms with Gasteiger partial charge in [-0.15, -0.1) is 0 Å². The lowest BCUT2D eigenvalue weighted by Crippen LogP contribution is -2.38. The first-order valence-electron chi connectivity index (χ1n) is 8.00. The summed E-state index contributed by atoms with van der Waals surface area (Å²) in [6.45, 7) is -0.465. The molecule has 2 aromatic rings. The molecule has 1 heterocycles. The second-order valence-electron chi connectivity index (χ2n) is 5.92. The second kappa shape index (κ2) is 7.39. The number of fused-ring (bicyclic) bond motifs is 1. The van der Waals surface area contributed by atoms with Crippen LogP contribution in [0.1, 0.15) is 21.5 Å². The number of carbonyl (C=O) groups excluding carboxylic acids is 2. The maximum atomic E-state index is 13.2. The standard InChI is InChI=1S/C18H15F3N2O5/c1-27-14-4-2-10(6-12(14)18(19,20)21)8-23-13-7-11(17(25)22-26)3-5-15(13)28-9-16(23)24/h2-7,26H,8-9H2,1H3,(H,22,25). The van der Waals surface area contributed by atoms with Gasteiger partial charge in [-0.1, -0.05) is 6.07 Å². The largest absolute Gasteiger partial charge is 0.496 e. The number of halogens is 3. The molecule has 0 aliphatic carbocycles. The summed E-state index contributed by atoms with van der Waals surface area (Å²) in [6, 6.07) is 7.64. The molecule has 0 radical (unpaired) electrons. The molecule has 1 aliphatic rings. The number of benzene rings is 2. The van der Waals surface area contributed by atoms with Crippen molar-refractivity contribution in [3.63, 3.8) is 0 Å². The van der Waals surface area contributed by atoms with Crippen molar-refractivity contribution in [2.75, 3.05) is 18.6 Å². The van der Waals surface area contributed by atoms with Crippen molar-refractivity contribution in [1.29, 1.82) is 0 Å². The molecule has 0 saturated carbocycles. The van der Waals surface area contributed by atoms with Crippen LogP contribution in [-0.4, -0.2) is 30.7 Å². The molecule has 7 nitrogen and oxygen atoms in total. The Morgan fingerprint density at radius 1 is 1.29 bits per heavy atom. The van der Waals surface area contributed by atoms with Gasteiger partial charge in [0.1, 0.15) is 11.5 Å². The molecule has 0 atom stereocenters. The Morgan fingerprint density at radius 3 is 2.68 bits per heavy atom. The third-order valence-electron chi connectivity index (χ3n) is 4.18. The summed E-state index contributed by atoms with van der Waals surface area (Å²) in [5, 5.41) is 8.77. The van der Waals surface area contributed by atoms with Crippen LogP contribution in [0.5, 0.6) is 11.5 Å². The number of rotatable bonds is 4. The van der Waals surface area contributed by atoms with E-state index in [0.29, 0.717) is 5.75 Å². The van der Waals surface area contributed by atoms with Crippen molar-refractivity contribution in [2.24, 2.45) is 0 Å². The molecule has 148 valence electrons. The molecule has 2 amide bonds. The number of amides is 2. The number of methoxy groups -OCH3 is 1. The van der Waals surface area contributed by atoms with Crippen LogP contribution in [0.2, 0.25) is 0 Å². The fourth-order valence-corrected chi connectivity index (χ4v) is 2.84. The highest BCUT2D eigenvalue weighted by atomic mass is 19.4. The molecule has 0 saturated heterocycles. The summed E-state index contributed by atoms with van der Waals surface area (Å²) >= 11 is 0. The zero-order valence-electron chi connectivity index (χ0n) is 14.5. The minimum absolute atomic E-state index is 0.0512. The Labute approximate surface area is 157 Å². The molecule has 0 unspecified atom stereocenters. The number of nitrogens with zero attached hydrogens (tertiary/aromatic N) is 1. The molecule has 1 aliphatic heterocycles. The van der Waals surface area contributed by atoms with Crippen molar-refractivity contribution in [2.45, 2.75) is 12.7 Å². The lowest BCUT2D eigenvalue weighted by molar-refractivity contribution is -0.138. The third kappa shape index (κ3) is 3.72. The molecule has 2 N–H and O–H groups in total. The van der Waals surface area contributed by atoms with E-state index < -0.39 is 23.6 Å². The van der Waals surface area contributed by atoms with Gasteiger partial charge in [-0.3, -0.25) is 14.8 Å². The monoisotopic (exact) mass is 396 g/mol. The zero-order valence-corrected chi connectivity index (χ0v) is 14.5. The van der Waals surface area contributed by atoms with Crippen LogP contribution in [0.4, 0.5) is 18.9 Å². The number of nitrogens with one attached hydrogen (secondary N) is 1. The van der Waals surface area contributed by atoms with Crippen molar-refractivity contribution in [3.8, 4) is 11.5 Å². The maximum absolute atomic E-state index is 13.2. The van der Waals surface area contributed by atoms with Crippen LogP contribution in [0.15, 0.2) is 36.4 Å². The molecular weight excluding hydrogens is 381 g/mol. The molecule has 2 aromatic carbocycles. The molecule has 0 bridgehead atoms. The number of carbonyl (C=O) groups is 2. The first-order chi connectivity index (χ1) is 13.2. The Bertz CT molecular complexity index is 930. The Kier molecular flexibility index (Phi) is 5.14. The van der Waals surface area contributed by atoms with Gasteiger partial charge < -0.3 is 14.4 Å². The van der Waals surface area contributed by atoms with E-state index in [1.807, 2.05) is 0 Å². The number of hydrogen-bond acceptors (Lipinski definition) is 5. The van der Waals surface area contributed by atoms with Gasteiger partial charge in [-0.2, -0.15) is 13.2 Å². The fourth-order valence-electron chi connectivity index (χ4n) is 2.84. The van der Waals surface area contributed by atoms with Gasteiger partial charge in [0.05, 0.1) is 24.9 Å². The van der Waals surface area contributed by atoms with Gasteiger partial charge in [0, 0.05) is 5.56 Å². The van der Waals surface area contributed by atoms with Crippen molar-refractivity contribution >= 4 is 17.5 Å². The Hall–Kier alpha value is -3.27. The summed E-state index contributed by atoms with van der Waals surface area (Å²) in [4.78, 5) is 25.2. The molecule has 28 heavy (non-hydrogen) atoms. The third-order valence-corrected chi connectivity index (χ3v) is 4.18. The number of anilines is 1. The van der Waals surface area contributed by atoms with Gasteiger partial charge in [-0.05, 0) is 35.9 Å². The Balaban J connectivity index is 1.99. The first kappa shape index (κ1) is 19.5. The lowest BCUT2D eigenvalue weighted by Gasteiger charge is -2.30. The van der Waals surface area contributed by atoms with E-state index in [-0.39, 0.29) is 35.7 Å². The topological polar surface area (TPSA) is 88.1 Å². The minimum Gasteiger partial charge on any atom is -0.496 e. The van der Waals surface area contributed by atoms with Crippen LogP contribution >= 0.6 is 0 Å². The smallest absolute Gasteiger partial charge is 0.419 e. The Morgan fingerprint density at radius 2 is 2.04 bits per heavy atom. The fraction of sp³-hybridized carbons (Fsp3) is 0.222. The van der Waals surface area contributed by atoms with E-state index in [4.69, 9.17) is 14.7 Å². The molecule has 0 aromatic heterocycles. The average Bonchev–Trinajstić information content (AvgIpc) is 2.68. The van der Waals surface area contributed by atoms with E-state index in [1.54, 1.807) is 0 Å². The number of ether oxygens (including phenoxy) is 2. The van der Waals surface area contributed by atoms with E-state index >= 15 is 0 Å². The van der Waals surface area contributed by atoms with Gasteiger partial charge in [0.25, 0.3) is 11.8 Å². The lowest BCUT2D eigenvalue weighted by atomic mass is 10.1. The average molecular weight is 396 g/mol. The zero-order chi connectivity index (χ0) is 20.5. The molecule has 0 fully saturated rings. The normalized spacial score (nSPS) is 13.6. The quantitative estimate of drug-likeness (QED) is 0.613. The number of alkyl halides is 3.